The van der Waals surface area contributed by atoms with E-state index < -0.39 is 21.8 Å². The average molecular weight is 426 g/mol. The standard InChI is InChI=1S/C22H19FN2O4S/c1-15-18(19-13-17(23)8-9-20(19)25(15)14-22(26)27)12-16-6-2-3-7-21(16)30(28,29)24-10-4-5-11-24/h2-11,13H,12,14H2,1H3,(H,26,27). The molecule has 0 radical (unpaired) electrons. The van der Waals surface area contributed by atoms with Crippen molar-refractivity contribution in [3.05, 3.63) is 89.6 Å². The average Bonchev–Trinajstić information content (AvgIpc) is 3.32. The van der Waals surface area contributed by atoms with Crippen LogP contribution < -0.4 is 0 Å². The highest BCUT2D eigenvalue weighted by Crippen LogP contribution is 2.31. The Labute approximate surface area is 172 Å². The van der Waals surface area contributed by atoms with Crippen molar-refractivity contribution in [2.75, 3.05) is 0 Å². The van der Waals surface area contributed by atoms with Gasteiger partial charge < -0.3 is 9.67 Å². The van der Waals surface area contributed by atoms with Crippen LogP contribution >= 0.6 is 0 Å². The lowest BCUT2D eigenvalue weighted by atomic mass is 10.0. The monoisotopic (exact) mass is 426 g/mol. The summed E-state index contributed by atoms with van der Waals surface area (Å²) in [5.74, 6) is -1.45. The molecule has 1 N–H and O–H groups in total. The molecule has 0 fully saturated rings. The second-order valence-electron chi connectivity index (χ2n) is 7.01. The van der Waals surface area contributed by atoms with E-state index in [1.807, 2.05) is 0 Å². The fraction of sp³-hybridized carbons (Fsp3) is 0.136. The predicted molar refractivity (Wildman–Crippen MR) is 111 cm³/mol. The maximum Gasteiger partial charge on any atom is 0.323 e. The first-order valence-electron chi connectivity index (χ1n) is 9.24. The molecular formula is C22H19FN2O4S. The maximum atomic E-state index is 14.0. The second kappa shape index (κ2) is 7.46. The summed E-state index contributed by atoms with van der Waals surface area (Å²) in [5.41, 5.74) is 2.50. The summed E-state index contributed by atoms with van der Waals surface area (Å²) >= 11 is 0. The van der Waals surface area contributed by atoms with Gasteiger partial charge in [-0.05, 0) is 54.4 Å². The first-order chi connectivity index (χ1) is 14.3. The van der Waals surface area contributed by atoms with Crippen LogP contribution in [0.1, 0.15) is 16.8 Å². The number of carbonyl (C=O) groups is 1. The highest BCUT2D eigenvalue weighted by atomic mass is 32.2. The molecule has 0 atom stereocenters. The van der Waals surface area contributed by atoms with Crippen LogP contribution in [-0.4, -0.2) is 28.0 Å². The molecule has 2 heterocycles. The lowest BCUT2D eigenvalue weighted by molar-refractivity contribution is -0.137. The zero-order valence-corrected chi connectivity index (χ0v) is 16.9. The van der Waals surface area contributed by atoms with Crippen LogP contribution in [0.2, 0.25) is 0 Å². The van der Waals surface area contributed by atoms with Gasteiger partial charge in [0.25, 0.3) is 10.0 Å². The fourth-order valence-electron chi connectivity index (χ4n) is 3.77. The molecule has 0 unspecified atom stereocenters. The lowest BCUT2D eigenvalue weighted by Gasteiger charge is -2.12. The number of carboxylic acid groups (broad SMARTS) is 1. The first-order valence-corrected chi connectivity index (χ1v) is 10.7. The van der Waals surface area contributed by atoms with Gasteiger partial charge in [-0.1, -0.05) is 18.2 Å². The molecule has 8 heteroatoms. The molecule has 0 aliphatic rings. The van der Waals surface area contributed by atoms with Crippen LogP contribution in [0.25, 0.3) is 10.9 Å². The fourth-order valence-corrected chi connectivity index (χ4v) is 5.18. The Bertz CT molecular complexity index is 1360. The number of aliphatic carboxylic acids is 1. The summed E-state index contributed by atoms with van der Waals surface area (Å²) in [6.45, 7) is 1.50. The Morgan fingerprint density at radius 3 is 2.47 bits per heavy atom. The quantitative estimate of drug-likeness (QED) is 0.508. The number of carboxylic acids is 1. The third-order valence-electron chi connectivity index (χ3n) is 5.18. The normalized spacial score (nSPS) is 11.8. The van der Waals surface area contributed by atoms with E-state index in [1.54, 1.807) is 47.9 Å². The van der Waals surface area contributed by atoms with E-state index in [1.165, 1.54) is 30.6 Å². The number of rotatable bonds is 6. The van der Waals surface area contributed by atoms with Gasteiger partial charge in [0.2, 0.25) is 0 Å². The number of fused-ring (bicyclic) bond motifs is 1. The molecule has 0 aliphatic heterocycles. The maximum absolute atomic E-state index is 14.0. The zero-order valence-electron chi connectivity index (χ0n) is 16.1. The smallest absolute Gasteiger partial charge is 0.323 e. The SMILES string of the molecule is Cc1c(Cc2ccccc2S(=O)(=O)n2cccc2)c2cc(F)ccc2n1CC(=O)O. The van der Waals surface area contributed by atoms with E-state index in [-0.39, 0.29) is 17.9 Å². The largest absolute Gasteiger partial charge is 0.480 e. The highest BCUT2D eigenvalue weighted by molar-refractivity contribution is 7.90. The number of hydrogen-bond acceptors (Lipinski definition) is 3. The summed E-state index contributed by atoms with van der Waals surface area (Å²) in [4.78, 5) is 11.5. The molecule has 4 aromatic rings. The van der Waals surface area contributed by atoms with E-state index in [2.05, 4.69) is 0 Å². The lowest BCUT2D eigenvalue weighted by Crippen LogP contribution is -2.13. The van der Waals surface area contributed by atoms with Crippen molar-refractivity contribution < 1.29 is 22.7 Å². The van der Waals surface area contributed by atoms with Gasteiger partial charge in [-0.3, -0.25) is 4.79 Å². The van der Waals surface area contributed by atoms with Gasteiger partial charge >= 0.3 is 5.97 Å². The Kier molecular flexibility index (Phi) is 4.95. The van der Waals surface area contributed by atoms with Crippen LogP contribution in [0.3, 0.4) is 0 Å². The second-order valence-corrected chi connectivity index (χ2v) is 8.82. The summed E-state index contributed by atoms with van der Waals surface area (Å²) in [5, 5.41) is 9.86. The molecule has 2 aromatic heterocycles. The Morgan fingerprint density at radius 1 is 1.07 bits per heavy atom. The zero-order chi connectivity index (χ0) is 21.5. The van der Waals surface area contributed by atoms with Gasteiger partial charge in [-0.15, -0.1) is 0 Å². The molecule has 0 saturated heterocycles. The van der Waals surface area contributed by atoms with Crippen molar-refractivity contribution in [2.24, 2.45) is 0 Å². The van der Waals surface area contributed by atoms with Crippen molar-refractivity contribution in [1.82, 2.24) is 8.54 Å². The molecule has 0 saturated carbocycles. The van der Waals surface area contributed by atoms with E-state index >= 15 is 0 Å². The van der Waals surface area contributed by atoms with E-state index in [9.17, 15) is 22.7 Å². The minimum absolute atomic E-state index is 0.149. The van der Waals surface area contributed by atoms with Crippen molar-refractivity contribution in [3.8, 4) is 0 Å². The molecule has 6 nitrogen and oxygen atoms in total. The van der Waals surface area contributed by atoms with Gasteiger partial charge in [0.15, 0.2) is 0 Å². The Hall–Kier alpha value is -3.39. The summed E-state index contributed by atoms with van der Waals surface area (Å²) in [6.07, 6.45) is 3.14. The molecular weight excluding hydrogens is 407 g/mol. The van der Waals surface area contributed by atoms with E-state index in [0.29, 0.717) is 27.7 Å². The van der Waals surface area contributed by atoms with Crippen LogP contribution in [0.5, 0.6) is 0 Å². The summed E-state index contributed by atoms with van der Waals surface area (Å²) < 4.78 is 42.9. The topological polar surface area (TPSA) is 81.3 Å². The van der Waals surface area contributed by atoms with E-state index in [4.69, 9.17) is 0 Å². The minimum atomic E-state index is -3.79. The van der Waals surface area contributed by atoms with E-state index in [0.717, 1.165) is 3.97 Å². The highest BCUT2D eigenvalue weighted by Gasteiger charge is 2.22. The molecule has 0 spiro atoms. The Morgan fingerprint density at radius 2 is 1.77 bits per heavy atom. The van der Waals surface area contributed by atoms with Gasteiger partial charge in [0, 0.05) is 35.4 Å². The first kappa shape index (κ1) is 19.9. The summed E-state index contributed by atoms with van der Waals surface area (Å²) in [7, 11) is -3.79. The van der Waals surface area contributed by atoms with Crippen LogP contribution in [0, 0.1) is 12.7 Å². The number of nitrogens with zero attached hydrogens (tertiary/aromatic N) is 2. The van der Waals surface area contributed by atoms with Gasteiger partial charge in [-0.2, -0.15) is 0 Å². The molecule has 4 rings (SSSR count). The van der Waals surface area contributed by atoms with Gasteiger partial charge in [0.1, 0.15) is 12.4 Å². The van der Waals surface area contributed by atoms with Crippen molar-refractivity contribution in [2.45, 2.75) is 24.8 Å². The molecule has 30 heavy (non-hydrogen) atoms. The summed E-state index contributed by atoms with van der Waals surface area (Å²) in [6, 6.07) is 14.1. The van der Waals surface area contributed by atoms with Gasteiger partial charge in [-0.25, -0.2) is 16.8 Å². The number of halogens is 1. The van der Waals surface area contributed by atoms with Crippen molar-refractivity contribution >= 4 is 26.9 Å². The third-order valence-corrected chi connectivity index (χ3v) is 6.93. The van der Waals surface area contributed by atoms with Crippen LogP contribution in [-0.2, 0) is 27.8 Å². The molecule has 154 valence electrons. The van der Waals surface area contributed by atoms with Crippen molar-refractivity contribution in [1.29, 1.82) is 0 Å². The van der Waals surface area contributed by atoms with Crippen LogP contribution in [0.15, 0.2) is 71.9 Å². The number of aromatic nitrogens is 2. The molecule has 2 aromatic carbocycles. The predicted octanol–water partition coefficient (Wildman–Crippen LogP) is 3.80. The minimum Gasteiger partial charge on any atom is -0.480 e. The molecule has 0 bridgehead atoms. The van der Waals surface area contributed by atoms with Crippen molar-refractivity contribution in [3.63, 3.8) is 0 Å². The third kappa shape index (κ3) is 3.39. The number of hydrogen-bond donors (Lipinski definition) is 1. The number of benzene rings is 2. The van der Waals surface area contributed by atoms with Gasteiger partial charge in [0.05, 0.1) is 4.90 Å². The van der Waals surface area contributed by atoms with Crippen LogP contribution in [0.4, 0.5) is 4.39 Å². The Balaban J connectivity index is 1.88. The molecule has 0 amide bonds. The molecule has 0 aliphatic carbocycles.